The maximum atomic E-state index is 12.7. The zero-order valence-corrected chi connectivity index (χ0v) is 13.8. The van der Waals surface area contributed by atoms with Crippen LogP contribution in [0.1, 0.15) is 32.9 Å². The molecule has 0 aliphatic carbocycles. The third-order valence-corrected chi connectivity index (χ3v) is 5.29. The number of nitrogens with two attached hydrogens (primary N) is 1. The number of nitrogens with zero attached hydrogens (tertiary/aromatic N) is 2. The fraction of sp³-hybridized carbons (Fsp3) is 0.538. The van der Waals surface area contributed by atoms with Gasteiger partial charge in [-0.15, -0.1) is 0 Å². The number of rotatable bonds is 6. The maximum absolute atomic E-state index is 12.7. The molecule has 7 heteroatoms. The second kappa shape index (κ2) is 6.60. The zero-order valence-electron chi connectivity index (χ0n) is 12.2. The Bertz CT molecular complexity index is 585. The van der Waals surface area contributed by atoms with E-state index in [-0.39, 0.29) is 21.6 Å². The van der Waals surface area contributed by atoms with Gasteiger partial charge in [0.2, 0.25) is 10.0 Å². The van der Waals surface area contributed by atoms with Crippen LogP contribution >= 0.6 is 12.2 Å². The van der Waals surface area contributed by atoms with Gasteiger partial charge in [0.25, 0.3) is 0 Å². The smallest absolute Gasteiger partial charge is 0.245 e. The zero-order chi connectivity index (χ0) is 15.5. The highest BCUT2D eigenvalue weighted by Gasteiger charge is 2.29. The first-order chi connectivity index (χ1) is 9.17. The van der Waals surface area contributed by atoms with Crippen molar-refractivity contribution in [3.63, 3.8) is 0 Å². The van der Waals surface area contributed by atoms with Crippen LogP contribution in [0, 0.1) is 5.92 Å². The van der Waals surface area contributed by atoms with Crippen molar-refractivity contribution in [3.8, 4) is 0 Å². The molecule has 0 radical (unpaired) electrons. The fourth-order valence-corrected chi connectivity index (χ4v) is 3.76. The summed E-state index contributed by atoms with van der Waals surface area (Å²) in [5.74, 6) is 0.409. The normalized spacial score (nSPS) is 13.7. The van der Waals surface area contributed by atoms with E-state index >= 15 is 0 Å². The van der Waals surface area contributed by atoms with E-state index in [9.17, 15) is 8.42 Å². The molecule has 20 heavy (non-hydrogen) atoms. The van der Waals surface area contributed by atoms with Crippen LogP contribution in [0.25, 0.3) is 0 Å². The Morgan fingerprint density at radius 3 is 2.55 bits per heavy atom. The van der Waals surface area contributed by atoms with Crippen LogP contribution < -0.4 is 5.73 Å². The Hall–Kier alpha value is -1.05. The molecule has 0 saturated heterocycles. The molecule has 2 N–H and O–H groups in total. The van der Waals surface area contributed by atoms with Crippen molar-refractivity contribution in [2.75, 3.05) is 7.05 Å². The van der Waals surface area contributed by atoms with Crippen LogP contribution in [-0.4, -0.2) is 35.8 Å². The first kappa shape index (κ1) is 17.0. The molecular weight excluding hydrogens is 294 g/mol. The Morgan fingerprint density at radius 1 is 1.45 bits per heavy atom. The van der Waals surface area contributed by atoms with Gasteiger partial charge in [-0.25, -0.2) is 8.42 Å². The van der Waals surface area contributed by atoms with Crippen LogP contribution in [-0.2, 0) is 10.0 Å². The van der Waals surface area contributed by atoms with Crippen molar-refractivity contribution in [2.24, 2.45) is 11.7 Å². The molecule has 0 aliphatic rings. The largest absolute Gasteiger partial charge is 0.388 e. The van der Waals surface area contributed by atoms with E-state index in [0.717, 1.165) is 6.42 Å². The van der Waals surface area contributed by atoms with Crippen LogP contribution in [0.2, 0.25) is 0 Å². The summed E-state index contributed by atoms with van der Waals surface area (Å²) in [6.45, 7) is 6.00. The van der Waals surface area contributed by atoms with Gasteiger partial charge in [0.1, 0.15) is 15.6 Å². The summed E-state index contributed by atoms with van der Waals surface area (Å²) < 4.78 is 26.7. The van der Waals surface area contributed by atoms with Gasteiger partial charge < -0.3 is 5.73 Å². The highest BCUT2D eigenvalue weighted by atomic mass is 32.2. The summed E-state index contributed by atoms with van der Waals surface area (Å²) in [6.07, 6.45) is 2.25. The lowest BCUT2D eigenvalue weighted by molar-refractivity contribution is 0.337. The summed E-state index contributed by atoms with van der Waals surface area (Å²) in [7, 11) is -2.09. The van der Waals surface area contributed by atoms with E-state index in [1.165, 1.54) is 16.6 Å². The van der Waals surface area contributed by atoms with E-state index in [2.05, 4.69) is 18.8 Å². The van der Waals surface area contributed by atoms with Gasteiger partial charge in [-0.1, -0.05) is 26.1 Å². The van der Waals surface area contributed by atoms with Crippen molar-refractivity contribution in [3.05, 3.63) is 24.0 Å². The van der Waals surface area contributed by atoms with Crippen LogP contribution in [0.5, 0.6) is 0 Å². The number of sulfonamides is 1. The van der Waals surface area contributed by atoms with E-state index in [0.29, 0.717) is 5.92 Å². The van der Waals surface area contributed by atoms with Gasteiger partial charge in [0.15, 0.2) is 0 Å². The molecule has 0 aromatic carbocycles. The van der Waals surface area contributed by atoms with E-state index in [4.69, 9.17) is 18.0 Å². The van der Waals surface area contributed by atoms with Gasteiger partial charge in [0.05, 0.1) is 0 Å². The number of aromatic nitrogens is 1. The van der Waals surface area contributed by atoms with Crippen LogP contribution in [0.4, 0.5) is 0 Å². The molecule has 0 fully saturated rings. The van der Waals surface area contributed by atoms with E-state index in [1.807, 2.05) is 6.92 Å². The lowest BCUT2D eigenvalue weighted by Gasteiger charge is -2.26. The monoisotopic (exact) mass is 315 g/mol. The van der Waals surface area contributed by atoms with Crippen molar-refractivity contribution in [1.29, 1.82) is 0 Å². The number of hydrogen-bond acceptors (Lipinski definition) is 4. The number of thiocarbonyl (C=S) groups is 1. The quantitative estimate of drug-likeness (QED) is 0.810. The number of hydrogen-bond donors (Lipinski definition) is 1. The third kappa shape index (κ3) is 3.74. The van der Waals surface area contributed by atoms with Crippen molar-refractivity contribution >= 4 is 27.2 Å². The van der Waals surface area contributed by atoms with Crippen molar-refractivity contribution < 1.29 is 8.42 Å². The molecule has 1 aromatic rings. The number of pyridine rings is 1. The summed E-state index contributed by atoms with van der Waals surface area (Å²) in [5, 5.41) is 0. The van der Waals surface area contributed by atoms with Crippen molar-refractivity contribution in [1.82, 2.24) is 9.29 Å². The van der Waals surface area contributed by atoms with Gasteiger partial charge in [-0.3, -0.25) is 4.98 Å². The average molecular weight is 315 g/mol. The standard InChI is InChI=1S/C13H21N3O2S2/c1-9(2)8-10(3)16(4)20(17,18)11-6-5-7-15-12(11)13(14)19/h5-7,9-10H,8H2,1-4H3,(H2,14,19). The van der Waals surface area contributed by atoms with Gasteiger partial charge >= 0.3 is 0 Å². The second-order valence-corrected chi connectivity index (χ2v) is 7.62. The average Bonchev–Trinajstić information content (AvgIpc) is 2.36. The first-order valence-electron chi connectivity index (χ1n) is 6.40. The lowest BCUT2D eigenvalue weighted by Crippen LogP contribution is -2.37. The topological polar surface area (TPSA) is 76.3 Å². The minimum absolute atomic E-state index is 0.0194. The lowest BCUT2D eigenvalue weighted by atomic mass is 10.1. The Kier molecular flexibility index (Phi) is 5.61. The molecule has 0 amide bonds. The Morgan fingerprint density at radius 2 is 2.05 bits per heavy atom. The Labute approximate surface area is 126 Å². The van der Waals surface area contributed by atoms with Gasteiger partial charge in [-0.2, -0.15) is 4.31 Å². The SMILES string of the molecule is CC(C)CC(C)N(C)S(=O)(=O)c1cccnc1C(N)=S. The molecule has 112 valence electrons. The van der Waals surface area contributed by atoms with Crippen LogP contribution in [0.15, 0.2) is 23.2 Å². The highest BCUT2D eigenvalue weighted by Crippen LogP contribution is 2.21. The summed E-state index contributed by atoms with van der Waals surface area (Å²) in [6, 6.07) is 2.93. The molecule has 5 nitrogen and oxygen atoms in total. The maximum Gasteiger partial charge on any atom is 0.245 e. The minimum Gasteiger partial charge on any atom is -0.388 e. The van der Waals surface area contributed by atoms with Gasteiger partial charge in [-0.05, 0) is 31.4 Å². The predicted molar refractivity (Wildman–Crippen MR) is 84.0 cm³/mol. The Balaban J connectivity index is 3.20. The third-order valence-electron chi connectivity index (χ3n) is 3.09. The molecule has 0 saturated carbocycles. The molecular formula is C13H21N3O2S2. The predicted octanol–water partition coefficient (Wildman–Crippen LogP) is 1.77. The van der Waals surface area contributed by atoms with Crippen molar-refractivity contribution in [2.45, 2.75) is 38.1 Å². The molecule has 1 heterocycles. The highest BCUT2D eigenvalue weighted by molar-refractivity contribution is 7.89. The van der Waals surface area contributed by atoms with Crippen LogP contribution in [0.3, 0.4) is 0 Å². The molecule has 1 rings (SSSR count). The molecule has 0 aliphatic heterocycles. The van der Waals surface area contributed by atoms with Gasteiger partial charge in [0, 0.05) is 19.3 Å². The molecule has 1 atom stereocenters. The van der Waals surface area contributed by atoms with E-state index in [1.54, 1.807) is 13.1 Å². The molecule has 0 bridgehead atoms. The molecule has 0 spiro atoms. The summed E-state index contributed by atoms with van der Waals surface area (Å²) in [5.41, 5.74) is 5.70. The van der Waals surface area contributed by atoms with E-state index < -0.39 is 10.0 Å². The minimum atomic E-state index is -3.66. The fourth-order valence-electron chi connectivity index (χ4n) is 2.01. The summed E-state index contributed by atoms with van der Waals surface area (Å²) >= 11 is 4.87. The summed E-state index contributed by atoms with van der Waals surface area (Å²) in [4.78, 5) is 4.02. The first-order valence-corrected chi connectivity index (χ1v) is 8.25. The second-order valence-electron chi connectivity index (χ2n) is 5.21. The molecule has 1 unspecified atom stereocenters. The molecule has 1 aromatic heterocycles.